The molecule has 0 unspecified atom stereocenters. The van der Waals surface area contributed by atoms with Crippen LogP contribution in [0.25, 0.3) is 0 Å². The van der Waals surface area contributed by atoms with Gasteiger partial charge in [-0.1, -0.05) is 13.8 Å². The molecule has 6 nitrogen and oxygen atoms in total. The molecule has 0 spiro atoms. The Bertz CT molecular complexity index is 657. The maximum absolute atomic E-state index is 13.2. The first-order chi connectivity index (χ1) is 12.2. The Hall–Kier alpha value is -2.12. The molecule has 0 amide bonds. The Morgan fingerprint density at radius 1 is 1.42 bits per heavy atom. The fourth-order valence-electron chi connectivity index (χ4n) is 2.90. The zero-order valence-electron chi connectivity index (χ0n) is 15.0. The lowest BCUT2D eigenvalue weighted by atomic mass is 10.0. The number of carboxylic acids is 1. The fraction of sp³-hybridized carbons (Fsp3) is 0.667. The van der Waals surface area contributed by atoms with Crippen LogP contribution >= 0.6 is 0 Å². The van der Waals surface area contributed by atoms with Crippen LogP contribution in [-0.2, 0) is 4.79 Å². The van der Waals surface area contributed by atoms with Crippen LogP contribution in [0.1, 0.15) is 33.1 Å². The number of carbonyl (C=O) groups is 1. The van der Waals surface area contributed by atoms with Crippen molar-refractivity contribution in [2.45, 2.75) is 45.1 Å². The minimum atomic E-state index is -2.68. The Morgan fingerprint density at radius 2 is 2.12 bits per heavy atom. The van der Waals surface area contributed by atoms with Gasteiger partial charge in [-0.05, 0) is 43.2 Å². The number of aliphatic carboxylic acids is 1. The van der Waals surface area contributed by atoms with Crippen molar-refractivity contribution >= 4 is 17.5 Å². The number of anilines is 2. The third-order valence-corrected chi connectivity index (χ3v) is 4.51. The van der Waals surface area contributed by atoms with Crippen molar-refractivity contribution < 1.29 is 23.4 Å². The molecular formula is C18H25F2N3O3. The van der Waals surface area contributed by atoms with Gasteiger partial charge in [0.25, 0.3) is 5.92 Å². The van der Waals surface area contributed by atoms with Crippen molar-refractivity contribution in [3.05, 3.63) is 12.1 Å². The van der Waals surface area contributed by atoms with Crippen LogP contribution < -0.4 is 15.0 Å². The van der Waals surface area contributed by atoms with Gasteiger partial charge in [-0.25, -0.2) is 13.6 Å². The van der Waals surface area contributed by atoms with Crippen LogP contribution in [0, 0.1) is 11.8 Å². The molecule has 144 valence electrons. The van der Waals surface area contributed by atoms with Crippen molar-refractivity contribution in [3.63, 3.8) is 0 Å². The lowest BCUT2D eigenvalue weighted by Crippen LogP contribution is -2.56. The number of hydrogen-bond donors (Lipinski definition) is 2. The van der Waals surface area contributed by atoms with Crippen LogP contribution in [-0.4, -0.2) is 47.7 Å². The van der Waals surface area contributed by atoms with Crippen LogP contribution in [0.4, 0.5) is 20.3 Å². The predicted octanol–water partition coefficient (Wildman–Crippen LogP) is 3.24. The van der Waals surface area contributed by atoms with Crippen molar-refractivity contribution in [2.24, 2.45) is 11.8 Å². The number of nitrogens with zero attached hydrogens (tertiary/aromatic N) is 2. The van der Waals surface area contributed by atoms with E-state index in [0.29, 0.717) is 30.5 Å². The summed E-state index contributed by atoms with van der Waals surface area (Å²) in [7, 11) is 0. The SMILES string of the molecule is CC(C)C[C@H](Nc1ccc(N2CC(F)(F)C2)c(OCC2CC2)n1)C(=O)O. The molecule has 1 saturated carbocycles. The van der Waals surface area contributed by atoms with E-state index in [9.17, 15) is 18.7 Å². The number of pyridine rings is 1. The van der Waals surface area contributed by atoms with Gasteiger partial charge in [-0.3, -0.25) is 0 Å². The van der Waals surface area contributed by atoms with Crippen LogP contribution in [0.15, 0.2) is 12.1 Å². The molecule has 3 rings (SSSR count). The third-order valence-electron chi connectivity index (χ3n) is 4.51. The zero-order valence-corrected chi connectivity index (χ0v) is 15.0. The summed E-state index contributed by atoms with van der Waals surface area (Å²) in [5.74, 6) is -2.28. The first-order valence-corrected chi connectivity index (χ1v) is 8.99. The van der Waals surface area contributed by atoms with E-state index in [2.05, 4.69) is 10.3 Å². The lowest BCUT2D eigenvalue weighted by molar-refractivity contribution is -0.138. The minimum absolute atomic E-state index is 0.205. The predicted molar refractivity (Wildman–Crippen MR) is 94.1 cm³/mol. The molecule has 1 aliphatic heterocycles. The van der Waals surface area contributed by atoms with Crippen molar-refractivity contribution in [1.82, 2.24) is 4.98 Å². The maximum Gasteiger partial charge on any atom is 0.326 e. The molecule has 1 saturated heterocycles. The van der Waals surface area contributed by atoms with E-state index in [1.165, 1.54) is 4.90 Å². The molecule has 2 fully saturated rings. The summed E-state index contributed by atoms with van der Waals surface area (Å²) in [6.45, 7) is 3.69. The molecular weight excluding hydrogens is 344 g/mol. The molecule has 1 aromatic heterocycles. The lowest BCUT2D eigenvalue weighted by Gasteiger charge is -2.40. The van der Waals surface area contributed by atoms with E-state index in [-0.39, 0.29) is 24.9 Å². The summed E-state index contributed by atoms with van der Waals surface area (Å²) in [5.41, 5.74) is 0.526. The summed E-state index contributed by atoms with van der Waals surface area (Å²) in [6, 6.07) is 2.52. The number of hydrogen-bond acceptors (Lipinski definition) is 5. The van der Waals surface area contributed by atoms with E-state index in [0.717, 1.165) is 12.8 Å². The molecule has 2 N–H and O–H groups in total. The van der Waals surface area contributed by atoms with Crippen LogP contribution in [0.3, 0.4) is 0 Å². The number of carboxylic acid groups (broad SMARTS) is 1. The van der Waals surface area contributed by atoms with Gasteiger partial charge in [0.05, 0.1) is 19.7 Å². The van der Waals surface area contributed by atoms with Gasteiger partial charge < -0.3 is 20.1 Å². The largest absolute Gasteiger partial charge is 0.480 e. The second-order valence-electron chi connectivity index (χ2n) is 7.65. The Kier molecular flexibility index (Phi) is 5.20. The quantitative estimate of drug-likeness (QED) is 0.696. The molecule has 2 aliphatic rings. The summed E-state index contributed by atoms with van der Waals surface area (Å²) in [5, 5.41) is 12.3. The molecule has 0 radical (unpaired) electrons. The van der Waals surface area contributed by atoms with Gasteiger partial charge in [-0.2, -0.15) is 4.98 Å². The maximum atomic E-state index is 13.2. The molecule has 0 bridgehead atoms. The Morgan fingerprint density at radius 3 is 2.65 bits per heavy atom. The second kappa shape index (κ2) is 7.25. The first kappa shape index (κ1) is 18.7. The monoisotopic (exact) mass is 369 g/mol. The highest BCUT2D eigenvalue weighted by atomic mass is 19.3. The summed E-state index contributed by atoms with van der Waals surface area (Å²) < 4.78 is 32.2. The van der Waals surface area contributed by atoms with Crippen LogP contribution in [0.5, 0.6) is 5.88 Å². The second-order valence-corrected chi connectivity index (χ2v) is 7.65. The van der Waals surface area contributed by atoms with Crippen molar-refractivity contribution in [3.8, 4) is 5.88 Å². The molecule has 26 heavy (non-hydrogen) atoms. The molecule has 0 aromatic carbocycles. The first-order valence-electron chi connectivity index (χ1n) is 8.99. The van der Waals surface area contributed by atoms with E-state index < -0.39 is 17.9 Å². The van der Waals surface area contributed by atoms with E-state index in [4.69, 9.17) is 4.74 Å². The van der Waals surface area contributed by atoms with Gasteiger partial charge in [0.1, 0.15) is 17.5 Å². The molecule has 1 aliphatic carbocycles. The van der Waals surface area contributed by atoms with Gasteiger partial charge in [-0.15, -0.1) is 0 Å². The number of ether oxygens (including phenoxy) is 1. The van der Waals surface area contributed by atoms with Gasteiger partial charge >= 0.3 is 5.97 Å². The third kappa shape index (κ3) is 4.74. The molecule has 1 aromatic rings. The highest BCUT2D eigenvalue weighted by Crippen LogP contribution is 2.38. The summed E-state index contributed by atoms with van der Waals surface area (Å²) >= 11 is 0. The van der Waals surface area contributed by atoms with E-state index >= 15 is 0 Å². The average molecular weight is 369 g/mol. The summed E-state index contributed by atoms with van der Waals surface area (Å²) in [6.07, 6.45) is 2.66. The normalized spacial score (nSPS) is 19.8. The zero-order chi connectivity index (χ0) is 18.9. The highest BCUT2D eigenvalue weighted by Gasteiger charge is 2.45. The number of alkyl halides is 2. The van der Waals surface area contributed by atoms with Gasteiger partial charge in [0.2, 0.25) is 5.88 Å². The molecule has 1 atom stereocenters. The van der Waals surface area contributed by atoms with Gasteiger partial charge in [0, 0.05) is 0 Å². The smallest absolute Gasteiger partial charge is 0.326 e. The minimum Gasteiger partial charge on any atom is -0.480 e. The van der Waals surface area contributed by atoms with E-state index in [1.807, 2.05) is 13.8 Å². The average Bonchev–Trinajstić information content (AvgIpc) is 3.34. The summed E-state index contributed by atoms with van der Waals surface area (Å²) in [4.78, 5) is 17.3. The number of aromatic nitrogens is 1. The molecule has 2 heterocycles. The topological polar surface area (TPSA) is 74.7 Å². The van der Waals surface area contributed by atoms with Crippen LogP contribution in [0.2, 0.25) is 0 Å². The van der Waals surface area contributed by atoms with Gasteiger partial charge in [0.15, 0.2) is 0 Å². The van der Waals surface area contributed by atoms with E-state index in [1.54, 1.807) is 12.1 Å². The Labute approximate surface area is 151 Å². The number of rotatable bonds is 9. The Balaban J connectivity index is 1.75. The standard InChI is InChI=1S/C18H25F2N3O3/c1-11(2)7-13(17(24)25)21-15-6-5-14(23-9-18(19,20)10-23)16(22-15)26-8-12-3-4-12/h5-6,11-13H,3-4,7-10H2,1-2H3,(H,21,22)(H,24,25)/t13-/m0/s1. The number of halogens is 2. The highest BCUT2D eigenvalue weighted by molar-refractivity contribution is 5.77. The molecule has 8 heteroatoms. The van der Waals surface area contributed by atoms with Crippen molar-refractivity contribution in [2.75, 3.05) is 29.9 Å². The number of nitrogens with one attached hydrogen (secondary N) is 1. The van der Waals surface area contributed by atoms with Crippen molar-refractivity contribution in [1.29, 1.82) is 0 Å². The fourth-order valence-corrected chi connectivity index (χ4v) is 2.90.